The third-order valence-corrected chi connectivity index (χ3v) is 4.41. The minimum absolute atomic E-state index is 0.223. The van der Waals surface area contributed by atoms with Crippen LogP contribution in [0.25, 0.3) is 0 Å². The molecule has 2 rings (SSSR count). The average molecular weight is 242 g/mol. The summed E-state index contributed by atoms with van der Waals surface area (Å²) in [6, 6.07) is 0. The molecule has 2 N–H and O–H groups in total. The van der Waals surface area contributed by atoms with Gasteiger partial charge in [-0.2, -0.15) is 0 Å². The lowest BCUT2D eigenvalue weighted by Gasteiger charge is -2.45. The van der Waals surface area contributed by atoms with Gasteiger partial charge in [-0.3, -0.25) is 0 Å². The first-order chi connectivity index (χ1) is 8.13. The lowest BCUT2D eigenvalue weighted by atomic mass is 9.68. The standard InChI is InChI=1S/C13H22O4/c14-12(15)17-11-8-4-5-9-13(11,16)10-6-2-1-3-7-10/h10-11,16H,1-9H2,(H,14,15)/t11-,13+/m0/s1. The number of carbonyl (C=O) groups is 1. The van der Waals surface area contributed by atoms with Crippen LogP contribution in [0, 0.1) is 5.92 Å². The summed E-state index contributed by atoms with van der Waals surface area (Å²) < 4.78 is 4.93. The summed E-state index contributed by atoms with van der Waals surface area (Å²) in [7, 11) is 0. The molecule has 0 aliphatic heterocycles. The van der Waals surface area contributed by atoms with E-state index in [9.17, 15) is 9.90 Å². The molecular weight excluding hydrogens is 220 g/mol. The van der Waals surface area contributed by atoms with Gasteiger partial charge in [0.2, 0.25) is 0 Å². The molecule has 2 saturated carbocycles. The van der Waals surface area contributed by atoms with Crippen molar-refractivity contribution in [2.45, 2.75) is 69.5 Å². The van der Waals surface area contributed by atoms with Crippen molar-refractivity contribution < 1.29 is 19.7 Å². The molecule has 0 aromatic heterocycles. The zero-order valence-electron chi connectivity index (χ0n) is 10.2. The van der Waals surface area contributed by atoms with Crippen molar-refractivity contribution >= 4 is 6.16 Å². The molecule has 2 fully saturated rings. The normalized spacial score (nSPS) is 35.5. The zero-order chi connectivity index (χ0) is 12.3. The van der Waals surface area contributed by atoms with Crippen LogP contribution < -0.4 is 0 Å². The molecule has 0 spiro atoms. The van der Waals surface area contributed by atoms with E-state index in [4.69, 9.17) is 9.84 Å². The van der Waals surface area contributed by atoms with E-state index in [2.05, 4.69) is 0 Å². The minimum Gasteiger partial charge on any atom is -0.450 e. The molecule has 2 aliphatic rings. The van der Waals surface area contributed by atoms with Crippen molar-refractivity contribution in [1.29, 1.82) is 0 Å². The predicted molar refractivity (Wildman–Crippen MR) is 62.9 cm³/mol. The van der Waals surface area contributed by atoms with Crippen LogP contribution in [0.1, 0.15) is 57.8 Å². The number of hydrogen-bond donors (Lipinski definition) is 2. The molecule has 0 unspecified atom stereocenters. The number of carboxylic acid groups (broad SMARTS) is 1. The zero-order valence-corrected chi connectivity index (χ0v) is 10.2. The van der Waals surface area contributed by atoms with Crippen LogP contribution in [-0.4, -0.2) is 28.1 Å². The Morgan fingerprint density at radius 3 is 2.35 bits per heavy atom. The Bertz CT molecular complexity index is 273. The quantitative estimate of drug-likeness (QED) is 0.731. The lowest BCUT2D eigenvalue weighted by molar-refractivity contribution is -0.150. The monoisotopic (exact) mass is 242 g/mol. The molecule has 17 heavy (non-hydrogen) atoms. The molecule has 0 radical (unpaired) electrons. The predicted octanol–water partition coefficient (Wildman–Crippen LogP) is 2.94. The third kappa shape index (κ3) is 2.73. The molecule has 0 aromatic carbocycles. The van der Waals surface area contributed by atoms with E-state index in [1.807, 2.05) is 0 Å². The largest absolute Gasteiger partial charge is 0.506 e. The van der Waals surface area contributed by atoms with Gasteiger partial charge < -0.3 is 14.9 Å². The second-order valence-electron chi connectivity index (χ2n) is 5.44. The van der Waals surface area contributed by atoms with Crippen molar-refractivity contribution in [3.8, 4) is 0 Å². The maximum atomic E-state index is 10.8. The van der Waals surface area contributed by atoms with E-state index < -0.39 is 17.9 Å². The Balaban J connectivity index is 2.08. The van der Waals surface area contributed by atoms with E-state index >= 15 is 0 Å². The average Bonchev–Trinajstić information content (AvgIpc) is 2.33. The van der Waals surface area contributed by atoms with Gasteiger partial charge in [-0.15, -0.1) is 0 Å². The van der Waals surface area contributed by atoms with Gasteiger partial charge in [0.15, 0.2) is 0 Å². The van der Waals surface area contributed by atoms with Gasteiger partial charge in [-0.25, -0.2) is 4.79 Å². The Labute approximate surface area is 102 Å². The van der Waals surface area contributed by atoms with Crippen LogP contribution >= 0.6 is 0 Å². The molecule has 0 aromatic rings. The van der Waals surface area contributed by atoms with Crippen LogP contribution in [0.3, 0.4) is 0 Å². The first-order valence-electron chi connectivity index (χ1n) is 6.75. The van der Waals surface area contributed by atoms with Gasteiger partial charge in [0.1, 0.15) is 11.7 Å². The summed E-state index contributed by atoms with van der Waals surface area (Å²) in [5.41, 5.74) is -0.906. The molecule has 2 atom stereocenters. The molecular formula is C13H22O4. The van der Waals surface area contributed by atoms with E-state index in [0.717, 1.165) is 38.5 Å². The maximum absolute atomic E-state index is 10.8. The fourth-order valence-corrected chi connectivity index (χ4v) is 3.50. The Hall–Kier alpha value is -0.770. The number of rotatable bonds is 2. The number of aliphatic hydroxyl groups is 1. The molecule has 0 heterocycles. The summed E-state index contributed by atoms with van der Waals surface area (Å²) in [6.07, 6.45) is 7.06. The van der Waals surface area contributed by atoms with Crippen molar-refractivity contribution in [2.24, 2.45) is 5.92 Å². The molecule has 0 amide bonds. The van der Waals surface area contributed by atoms with Crippen molar-refractivity contribution in [3.63, 3.8) is 0 Å². The summed E-state index contributed by atoms with van der Waals surface area (Å²) >= 11 is 0. The van der Waals surface area contributed by atoms with Crippen LogP contribution in [0.4, 0.5) is 4.79 Å². The summed E-state index contributed by atoms with van der Waals surface area (Å²) in [5.74, 6) is 0.223. The van der Waals surface area contributed by atoms with Gasteiger partial charge in [-0.05, 0) is 38.0 Å². The van der Waals surface area contributed by atoms with E-state index in [1.54, 1.807) is 0 Å². The van der Waals surface area contributed by atoms with Crippen LogP contribution in [-0.2, 0) is 4.74 Å². The van der Waals surface area contributed by atoms with Crippen molar-refractivity contribution in [2.75, 3.05) is 0 Å². The van der Waals surface area contributed by atoms with Crippen molar-refractivity contribution in [3.05, 3.63) is 0 Å². The van der Waals surface area contributed by atoms with Gasteiger partial charge >= 0.3 is 6.16 Å². The first-order valence-corrected chi connectivity index (χ1v) is 6.75. The number of ether oxygens (including phenoxy) is 1. The molecule has 0 saturated heterocycles. The fraction of sp³-hybridized carbons (Fsp3) is 0.923. The highest BCUT2D eigenvalue weighted by Gasteiger charge is 2.47. The van der Waals surface area contributed by atoms with Gasteiger partial charge in [0.25, 0.3) is 0 Å². The lowest BCUT2D eigenvalue weighted by Crippen LogP contribution is -2.53. The van der Waals surface area contributed by atoms with Crippen molar-refractivity contribution in [1.82, 2.24) is 0 Å². The Kier molecular flexibility index (Phi) is 3.92. The molecule has 4 heteroatoms. The van der Waals surface area contributed by atoms with Gasteiger partial charge in [0, 0.05) is 0 Å². The topological polar surface area (TPSA) is 66.8 Å². The Morgan fingerprint density at radius 1 is 1.06 bits per heavy atom. The van der Waals surface area contributed by atoms with E-state index in [0.29, 0.717) is 12.8 Å². The Morgan fingerprint density at radius 2 is 1.71 bits per heavy atom. The fourth-order valence-electron chi connectivity index (χ4n) is 3.50. The first kappa shape index (κ1) is 12.7. The van der Waals surface area contributed by atoms with Crippen LogP contribution in [0.5, 0.6) is 0 Å². The summed E-state index contributed by atoms with van der Waals surface area (Å²) in [6.45, 7) is 0. The van der Waals surface area contributed by atoms with E-state index in [1.165, 1.54) is 6.42 Å². The van der Waals surface area contributed by atoms with Crippen LogP contribution in [0.15, 0.2) is 0 Å². The number of hydrogen-bond acceptors (Lipinski definition) is 3. The third-order valence-electron chi connectivity index (χ3n) is 4.41. The SMILES string of the molecule is O=C(O)O[C@H]1CCCC[C@@]1(O)C1CCCCC1. The molecule has 2 aliphatic carbocycles. The molecule has 98 valence electrons. The van der Waals surface area contributed by atoms with E-state index in [-0.39, 0.29) is 5.92 Å². The van der Waals surface area contributed by atoms with Crippen LogP contribution in [0.2, 0.25) is 0 Å². The van der Waals surface area contributed by atoms with Gasteiger partial charge in [-0.1, -0.05) is 25.7 Å². The van der Waals surface area contributed by atoms with Gasteiger partial charge in [0.05, 0.1) is 0 Å². The smallest absolute Gasteiger partial charge is 0.450 e. The summed E-state index contributed by atoms with van der Waals surface area (Å²) in [4.78, 5) is 10.7. The highest BCUT2D eigenvalue weighted by Crippen LogP contribution is 2.42. The second kappa shape index (κ2) is 5.25. The highest BCUT2D eigenvalue weighted by molar-refractivity contribution is 5.57. The molecule has 4 nitrogen and oxygen atoms in total. The molecule has 0 bridgehead atoms. The second-order valence-corrected chi connectivity index (χ2v) is 5.44. The maximum Gasteiger partial charge on any atom is 0.506 e. The summed E-state index contributed by atoms with van der Waals surface area (Å²) in [5, 5.41) is 19.6. The highest BCUT2D eigenvalue weighted by atomic mass is 16.7. The minimum atomic E-state index is -1.26.